The lowest BCUT2D eigenvalue weighted by Gasteiger charge is -2.28. The van der Waals surface area contributed by atoms with Gasteiger partial charge in [0.15, 0.2) is 5.15 Å². The van der Waals surface area contributed by atoms with Gasteiger partial charge in [0.25, 0.3) is 0 Å². The molecular weight excluding hydrogens is 332 g/mol. The van der Waals surface area contributed by atoms with Crippen molar-refractivity contribution in [1.82, 2.24) is 14.6 Å². The Bertz CT molecular complexity index is 752. The summed E-state index contributed by atoms with van der Waals surface area (Å²) in [6, 6.07) is 0. The molecule has 8 heteroatoms. The third kappa shape index (κ3) is 3.79. The topological polar surface area (TPSA) is 69.5 Å². The van der Waals surface area contributed by atoms with E-state index in [-0.39, 0.29) is 6.73 Å². The fourth-order valence-electron chi connectivity index (χ4n) is 2.17. The Balaban J connectivity index is 2.54. The van der Waals surface area contributed by atoms with E-state index < -0.39 is 11.7 Å². The molecule has 0 spiro atoms. The number of fused-ring (bicyclic) bond motifs is 1. The van der Waals surface area contributed by atoms with Crippen molar-refractivity contribution < 1.29 is 14.3 Å². The van der Waals surface area contributed by atoms with Gasteiger partial charge in [0.1, 0.15) is 24.2 Å². The van der Waals surface area contributed by atoms with Crippen molar-refractivity contribution in [1.29, 1.82) is 0 Å². The second-order valence-electron chi connectivity index (χ2n) is 6.40. The molecule has 1 amide bonds. The average molecular weight is 355 g/mol. The van der Waals surface area contributed by atoms with Crippen molar-refractivity contribution in [3.8, 4) is 0 Å². The number of imidazole rings is 1. The summed E-state index contributed by atoms with van der Waals surface area (Å²) < 4.78 is 12.5. The molecule has 0 bridgehead atoms. The second kappa shape index (κ2) is 6.94. The summed E-state index contributed by atoms with van der Waals surface area (Å²) >= 11 is 6.19. The molecule has 0 atom stereocenters. The summed E-state index contributed by atoms with van der Waals surface area (Å²) in [6.45, 7) is 11.6. The Labute approximate surface area is 146 Å². The first-order chi connectivity index (χ1) is 11.2. The highest BCUT2D eigenvalue weighted by atomic mass is 35.5. The van der Waals surface area contributed by atoms with Crippen molar-refractivity contribution in [2.24, 2.45) is 0 Å². The molecule has 2 heterocycles. The summed E-state index contributed by atoms with van der Waals surface area (Å²) in [5.41, 5.74) is 2.27. The lowest BCUT2D eigenvalue weighted by Crippen LogP contribution is -2.45. The number of ether oxygens (including phenoxy) is 2. The molecule has 0 fully saturated rings. The molecule has 0 aliphatic carbocycles. The molecule has 2 aromatic heterocycles. The molecule has 0 saturated carbocycles. The van der Waals surface area contributed by atoms with Crippen LogP contribution < -0.4 is 5.01 Å². The van der Waals surface area contributed by atoms with E-state index in [1.807, 2.05) is 41.5 Å². The van der Waals surface area contributed by atoms with Gasteiger partial charge in [-0.3, -0.25) is 0 Å². The van der Waals surface area contributed by atoms with E-state index in [1.165, 1.54) is 11.3 Å². The number of hydrogen-bond donors (Lipinski definition) is 0. The highest BCUT2D eigenvalue weighted by Gasteiger charge is 2.26. The Morgan fingerprint density at radius 1 is 1.38 bits per heavy atom. The first kappa shape index (κ1) is 18.5. The van der Waals surface area contributed by atoms with E-state index in [2.05, 4.69) is 9.97 Å². The molecule has 24 heavy (non-hydrogen) atoms. The number of rotatable bonds is 4. The summed E-state index contributed by atoms with van der Waals surface area (Å²) in [5.74, 6) is 0. The van der Waals surface area contributed by atoms with Crippen LogP contribution >= 0.6 is 11.6 Å². The van der Waals surface area contributed by atoms with Gasteiger partial charge in [-0.2, -0.15) is 5.01 Å². The smallest absolute Gasteiger partial charge is 0.431 e. The molecule has 7 nitrogen and oxygen atoms in total. The Kier molecular flexibility index (Phi) is 5.35. The van der Waals surface area contributed by atoms with Gasteiger partial charge in [-0.15, -0.1) is 0 Å². The van der Waals surface area contributed by atoms with Crippen LogP contribution in [-0.2, 0) is 9.47 Å². The molecule has 0 N–H and O–H groups in total. The fourth-order valence-corrected chi connectivity index (χ4v) is 2.44. The van der Waals surface area contributed by atoms with Crippen LogP contribution in [0, 0.1) is 13.8 Å². The Morgan fingerprint density at radius 2 is 2.04 bits per heavy atom. The predicted octanol–water partition coefficient (Wildman–Crippen LogP) is 3.57. The van der Waals surface area contributed by atoms with E-state index in [0.29, 0.717) is 22.8 Å². The van der Waals surface area contributed by atoms with Crippen molar-refractivity contribution in [3.63, 3.8) is 0 Å². The predicted molar refractivity (Wildman–Crippen MR) is 93.0 cm³/mol. The number of aryl methyl sites for hydroxylation is 2. The number of hydrogen-bond acceptors (Lipinski definition) is 5. The summed E-state index contributed by atoms with van der Waals surface area (Å²) in [6.07, 6.45) is 0.994. The molecular formula is C16H23ClN4O3. The molecule has 2 rings (SSSR count). The zero-order chi connectivity index (χ0) is 18.1. The summed E-state index contributed by atoms with van der Waals surface area (Å²) in [7, 11) is 0. The molecule has 0 radical (unpaired) electrons. The monoisotopic (exact) mass is 354 g/mol. The van der Waals surface area contributed by atoms with Gasteiger partial charge >= 0.3 is 6.09 Å². The molecule has 0 aliphatic rings. The van der Waals surface area contributed by atoms with E-state index in [1.54, 1.807) is 4.68 Å². The normalized spacial score (nSPS) is 11.8. The Morgan fingerprint density at radius 3 is 2.62 bits per heavy atom. The van der Waals surface area contributed by atoms with Crippen LogP contribution in [-0.4, -0.2) is 39.7 Å². The third-order valence-corrected chi connectivity index (χ3v) is 3.65. The maximum atomic E-state index is 12.6. The maximum Gasteiger partial charge on any atom is 0.431 e. The van der Waals surface area contributed by atoms with Gasteiger partial charge in [-0.25, -0.2) is 19.4 Å². The van der Waals surface area contributed by atoms with E-state index in [4.69, 9.17) is 21.1 Å². The second-order valence-corrected chi connectivity index (χ2v) is 6.76. The van der Waals surface area contributed by atoms with Crippen molar-refractivity contribution in [2.75, 3.05) is 18.3 Å². The third-order valence-electron chi connectivity index (χ3n) is 3.39. The summed E-state index contributed by atoms with van der Waals surface area (Å²) in [5, 5.41) is 1.65. The zero-order valence-corrected chi connectivity index (χ0v) is 15.6. The van der Waals surface area contributed by atoms with Gasteiger partial charge < -0.3 is 9.47 Å². The van der Waals surface area contributed by atoms with Crippen LogP contribution in [0.25, 0.3) is 11.0 Å². The molecule has 0 saturated heterocycles. The first-order valence-corrected chi connectivity index (χ1v) is 8.11. The molecule has 0 unspecified atom stereocenters. The lowest BCUT2D eigenvalue weighted by molar-refractivity contribution is 0.0430. The van der Waals surface area contributed by atoms with Crippen molar-refractivity contribution in [2.45, 2.75) is 47.1 Å². The maximum absolute atomic E-state index is 12.6. The zero-order valence-electron chi connectivity index (χ0n) is 14.9. The average Bonchev–Trinajstić information content (AvgIpc) is 2.89. The van der Waals surface area contributed by atoms with Crippen molar-refractivity contribution in [3.05, 3.63) is 22.7 Å². The first-order valence-electron chi connectivity index (χ1n) is 7.74. The number of carbonyl (C=O) groups excluding carboxylic acids is 1. The minimum Gasteiger partial charge on any atom is -0.442 e. The van der Waals surface area contributed by atoms with E-state index in [9.17, 15) is 4.79 Å². The fraction of sp³-hybridized carbons (Fsp3) is 0.562. The largest absolute Gasteiger partial charge is 0.442 e. The molecule has 0 aromatic carbocycles. The van der Waals surface area contributed by atoms with Gasteiger partial charge in [0.2, 0.25) is 0 Å². The lowest BCUT2D eigenvalue weighted by atomic mass is 10.2. The minimum absolute atomic E-state index is 0.0370. The summed E-state index contributed by atoms with van der Waals surface area (Å²) in [4.78, 5) is 21.2. The van der Waals surface area contributed by atoms with Crippen LogP contribution in [0.2, 0.25) is 5.15 Å². The Hall–Kier alpha value is -1.86. The highest BCUT2D eigenvalue weighted by molar-refractivity contribution is 6.33. The standard InChI is InChI=1S/C16H23ClN4O3/c1-7-23-9-21(15(22)24-16(4,5)6)20-8-18-12-13(20)10(2)11(3)19-14(12)17/h8H,7,9H2,1-6H3. The molecule has 0 aliphatic heterocycles. The van der Waals surface area contributed by atoms with Gasteiger partial charge in [0, 0.05) is 12.3 Å². The number of amides is 1. The van der Waals surface area contributed by atoms with Crippen LogP contribution in [0.4, 0.5) is 4.79 Å². The number of nitrogens with zero attached hydrogens (tertiary/aromatic N) is 4. The van der Waals surface area contributed by atoms with Gasteiger partial charge in [0.05, 0.1) is 5.52 Å². The van der Waals surface area contributed by atoms with Crippen molar-refractivity contribution >= 4 is 28.7 Å². The van der Waals surface area contributed by atoms with E-state index >= 15 is 0 Å². The van der Waals surface area contributed by atoms with Gasteiger partial charge in [-0.05, 0) is 47.1 Å². The number of halogens is 1. The van der Waals surface area contributed by atoms with Crippen LogP contribution in [0.15, 0.2) is 6.33 Å². The molecule has 132 valence electrons. The van der Waals surface area contributed by atoms with E-state index in [0.717, 1.165) is 11.3 Å². The number of pyridine rings is 1. The van der Waals surface area contributed by atoms with Gasteiger partial charge in [-0.1, -0.05) is 11.6 Å². The SMILES string of the molecule is CCOCN(C(=O)OC(C)(C)C)n1cnc2c(Cl)nc(C)c(C)c21. The molecule has 2 aromatic rings. The number of aromatic nitrogens is 3. The van der Waals surface area contributed by atoms with Crippen LogP contribution in [0.5, 0.6) is 0 Å². The van der Waals surface area contributed by atoms with Crippen LogP contribution in [0.1, 0.15) is 39.0 Å². The van der Waals surface area contributed by atoms with Crippen LogP contribution in [0.3, 0.4) is 0 Å². The number of carbonyl (C=O) groups is 1. The highest BCUT2D eigenvalue weighted by Crippen LogP contribution is 2.26. The minimum atomic E-state index is -0.623. The quantitative estimate of drug-likeness (QED) is 0.620.